The number of hydrogen-bond donors (Lipinski definition) is 1. The van der Waals surface area contributed by atoms with Crippen LogP contribution in [0.1, 0.15) is 37.7 Å². The van der Waals surface area contributed by atoms with Crippen molar-refractivity contribution in [1.82, 2.24) is 0 Å². The Morgan fingerprint density at radius 3 is 2.67 bits per heavy atom. The fourth-order valence-corrected chi connectivity index (χ4v) is 2.23. The lowest BCUT2D eigenvalue weighted by atomic mass is 9.95. The average Bonchev–Trinajstić information content (AvgIpc) is 2.32. The van der Waals surface area contributed by atoms with E-state index in [4.69, 9.17) is 26.8 Å². The molecule has 1 unspecified atom stereocenters. The van der Waals surface area contributed by atoms with Gasteiger partial charge < -0.3 is 15.2 Å². The lowest BCUT2D eigenvalue weighted by Crippen LogP contribution is -2.26. The van der Waals surface area contributed by atoms with Gasteiger partial charge in [0.1, 0.15) is 0 Å². The van der Waals surface area contributed by atoms with Gasteiger partial charge in [0, 0.05) is 16.7 Å². The molecule has 1 atom stereocenters. The minimum Gasteiger partial charge on any atom is -0.493 e. The maximum Gasteiger partial charge on any atom is 0.165 e. The molecule has 1 aromatic rings. The lowest BCUT2D eigenvalue weighted by molar-refractivity contribution is 0.114. The van der Waals surface area contributed by atoms with E-state index in [1.54, 1.807) is 13.2 Å². The molecule has 2 N–H and O–H groups in total. The molecule has 1 saturated carbocycles. The molecule has 0 aromatic heterocycles. The molecule has 0 heterocycles. The van der Waals surface area contributed by atoms with Gasteiger partial charge in [0.15, 0.2) is 11.5 Å². The van der Waals surface area contributed by atoms with E-state index < -0.39 is 0 Å². The van der Waals surface area contributed by atoms with E-state index >= 15 is 0 Å². The van der Waals surface area contributed by atoms with Gasteiger partial charge in [-0.2, -0.15) is 0 Å². The molecule has 0 bridgehead atoms. The second-order valence-corrected chi connectivity index (χ2v) is 5.27. The Morgan fingerprint density at radius 2 is 2.17 bits per heavy atom. The van der Waals surface area contributed by atoms with Crippen LogP contribution in [0, 0.1) is 0 Å². The molecule has 3 nitrogen and oxygen atoms in total. The summed E-state index contributed by atoms with van der Waals surface area (Å²) in [5.74, 6) is 1.71. The minimum atomic E-state index is 0.202. The summed E-state index contributed by atoms with van der Waals surface area (Å²) in [5.41, 5.74) is 6.79. The van der Waals surface area contributed by atoms with Gasteiger partial charge in [-0.1, -0.05) is 18.5 Å². The topological polar surface area (TPSA) is 44.5 Å². The van der Waals surface area contributed by atoms with Gasteiger partial charge >= 0.3 is 0 Å². The van der Waals surface area contributed by atoms with E-state index in [9.17, 15) is 0 Å². The molecule has 1 aromatic carbocycles. The first-order valence-corrected chi connectivity index (χ1v) is 6.77. The summed E-state index contributed by atoms with van der Waals surface area (Å²) in [5, 5.41) is 0.656. The largest absolute Gasteiger partial charge is 0.493 e. The van der Waals surface area contributed by atoms with Crippen LogP contribution in [0.3, 0.4) is 0 Å². The van der Waals surface area contributed by atoms with Crippen LogP contribution in [0.15, 0.2) is 12.1 Å². The predicted molar refractivity (Wildman–Crippen MR) is 73.7 cm³/mol. The summed E-state index contributed by atoms with van der Waals surface area (Å²) in [6.07, 6.45) is 3.77. The zero-order chi connectivity index (χ0) is 13.1. The number of halogens is 1. The molecule has 100 valence electrons. The highest BCUT2D eigenvalue weighted by Gasteiger charge is 2.24. The molecule has 0 saturated heterocycles. The van der Waals surface area contributed by atoms with Crippen LogP contribution in [0.5, 0.6) is 11.5 Å². The lowest BCUT2D eigenvalue weighted by Gasteiger charge is -2.29. The Kier molecular flexibility index (Phi) is 4.36. The summed E-state index contributed by atoms with van der Waals surface area (Å²) in [6, 6.07) is 3.72. The van der Waals surface area contributed by atoms with Crippen LogP contribution in [0.25, 0.3) is 0 Å². The normalized spacial score (nSPS) is 17.1. The molecule has 1 aliphatic carbocycles. The van der Waals surface area contributed by atoms with Crippen molar-refractivity contribution in [3.63, 3.8) is 0 Å². The Labute approximate surface area is 113 Å². The first kappa shape index (κ1) is 13.5. The van der Waals surface area contributed by atoms with Crippen LogP contribution >= 0.6 is 11.6 Å². The summed E-state index contributed by atoms with van der Waals surface area (Å²) < 4.78 is 11.4. The van der Waals surface area contributed by atoms with Crippen LogP contribution in [0.2, 0.25) is 5.02 Å². The van der Waals surface area contributed by atoms with Gasteiger partial charge in [0.05, 0.1) is 13.2 Å². The number of hydrogen-bond acceptors (Lipinski definition) is 3. The van der Waals surface area contributed by atoms with E-state index in [0.29, 0.717) is 23.4 Å². The van der Waals surface area contributed by atoms with Gasteiger partial charge in [-0.3, -0.25) is 0 Å². The summed E-state index contributed by atoms with van der Waals surface area (Å²) in [4.78, 5) is 0. The number of rotatable bonds is 5. The third-order valence-corrected chi connectivity index (χ3v) is 3.71. The molecule has 18 heavy (non-hydrogen) atoms. The number of benzene rings is 1. The highest BCUT2D eigenvalue weighted by Crippen LogP contribution is 2.40. The number of methoxy groups -OCH3 is 1. The molecule has 4 heteroatoms. The van der Waals surface area contributed by atoms with Crippen LogP contribution in [-0.2, 0) is 0 Å². The van der Waals surface area contributed by atoms with E-state index in [2.05, 4.69) is 6.92 Å². The Morgan fingerprint density at radius 1 is 1.44 bits per heavy atom. The van der Waals surface area contributed by atoms with Crippen molar-refractivity contribution in [2.45, 2.75) is 38.2 Å². The Hall–Kier alpha value is -0.930. The van der Waals surface area contributed by atoms with E-state index in [1.165, 1.54) is 6.42 Å². The van der Waals surface area contributed by atoms with Crippen molar-refractivity contribution in [3.8, 4) is 11.5 Å². The molecule has 0 aliphatic heterocycles. The fourth-order valence-electron chi connectivity index (χ4n) is 2.01. The maximum atomic E-state index is 6.11. The summed E-state index contributed by atoms with van der Waals surface area (Å²) >= 11 is 6.11. The third-order valence-electron chi connectivity index (χ3n) is 3.49. The van der Waals surface area contributed by atoms with Crippen molar-refractivity contribution in [3.05, 3.63) is 22.7 Å². The zero-order valence-corrected chi connectivity index (χ0v) is 11.7. The highest BCUT2D eigenvalue weighted by molar-refractivity contribution is 6.30. The summed E-state index contributed by atoms with van der Waals surface area (Å²) in [6.45, 7) is 2.63. The van der Waals surface area contributed by atoms with Crippen LogP contribution in [0.4, 0.5) is 0 Å². The SMILES string of the molecule is COc1cc(Cl)cc(C(C)CN)c1OC1CCC1. The first-order valence-electron chi connectivity index (χ1n) is 6.39. The minimum absolute atomic E-state index is 0.202. The summed E-state index contributed by atoms with van der Waals surface area (Å²) in [7, 11) is 1.64. The van der Waals surface area contributed by atoms with Crippen molar-refractivity contribution in [2.75, 3.05) is 13.7 Å². The number of nitrogens with two attached hydrogens (primary N) is 1. The smallest absolute Gasteiger partial charge is 0.165 e. The van der Waals surface area contributed by atoms with Crippen LogP contribution in [-0.4, -0.2) is 19.8 Å². The fraction of sp³-hybridized carbons (Fsp3) is 0.571. The third kappa shape index (κ3) is 2.73. The van der Waals surface area contributed by atoms with Crippen molar-refractivity contribution in [1.29, 1.82) is 0 Å². The molecule has 2 rings (SSSR count). The van der Waals surface area contributed by atoms with Crippen molar-refractivity contribution >= 4 is 11.6 Å². The van der Waals surface area contributed by atoms with Crippen LogP contribution < -0.4 is 15.2 Å². The second-order valence-electron chi connectivity index (χ2n) is 4.83. The monoisotopic (exact) mass is 269 g/mol. The first-order chi connectivity index (χ1) is 8.65. The molecular formula is C14H20ClNO2. The Bertz CT molecular complexity index is 419. The zero-order valence-electron chi connectivity index (χ0n) is 10.9. The quantitative estimate of drug-likeness (QED) is 0.892. The van der Waals surface area contributed by atoms with E-state index in [0.717, 1.165) is 24.2 Å². The Balaban J connectivity index is 2.36. The molecule has 0 amide bonds. The van der Waals surface area contributed by atoms with Gasteiger partial charge in [-0.25, -0.2) is 0 Å². The van der Waals surface area contributed by atoms with Gasteiger partial charge in [-0.05, 0) is 37.8 Å². The maximum absolute atomic E-state index is 6.11. The highest BCUT2D eigenvalue weighted by atomic mass is 35.5. The molecule has 0 spiro atoms. The molecule has 1 aliphatic rings. The van der Waals surface area contributed by atoms with Crippen molar-refractivity contribution in [2.24, 2.45) is 5.73 Å². The van der Waals surface area contributed by atoms with E-state index in [1.807, 2.05) is 6.07 Å². The van der Waals surface area contributed by atoms with Gasteiger partial charge in [0.25, 0.3) is 0 Å². The molecular weight excluding hydrogens is 250 g/mol. The molecule has 0 radical (unpaired) electrons. The van der Waals surface area contributed by atoms with Gasteiger partial charge in [0.2, 0.25) is 0 Å². The predicted octanol–water partition coefficient (Wildman–Crippen LogP) is 3.34. The number of ether oxygens (including phenoxy) is 2. The average molecular weight is 270 g/mol. The van der Waals surface area contributed by atoms with Gasteiger partial charge in [-0.15, -0.1) is 0 Å². The second kappa shape index (κ2) is 5.81. The van der Waals surface area contributed by atoms with Crippen molar-refractivity contribution < 1.29 is 9.47 Å². The standard InChI is InChI=1S/C14H20ClNO2/c1-9(8-16)12-6-10(15)7-13(17-2)14(12)18-11-4-3-5-11/h6-7,9,11H,3-5,8,16H2,1-2H3. The molecule has 1 fully saturated rings. The van der Waals surface area contributed by atoms with E-state index in [-0.39, 0.29) is 5.92 Å².